The molecule has 160 valence electrons. The van der Waals surface area contributed by atoms with E-state index in [1.54, 1.807) is 0 Å². The average molecular weight is 397 g/mol. The maximum atomic E-state index is 11.7. The SMILES string of the molecule is COCC(COCO)OC(=O)CCNCCC(=O)OC(CO)COC(C)O. The van der Waals surface area contributed by atoms with Gasteiger partial charge >= 0.3 is 11.9 Å². The van der Waals surface area contributed by atoms with Crippen LogP contribution in [0.5, 0.6) is 0 Å². The second-order valence-corrected chi connectivity index (χ2v) is 5.54. The molecule has 11 nitrogen and oxygen atoms in total. The van der Waals surface area contributed by atoms with E-state index in [0.29, 0.717) is 6.54 Å². The van der Waals surface area contributed by atoms with Gasteiger partial charge < -0.3 is 44.3 Å². The van der Waals surface area contributed by atoms with Crippen LogP contribution in [0, 0.1) is 0 Å². The van der Waals surface area contributed by atoms with Crippen molar-refractivity contribution < 1.29 is 48.6 Å². The highest BCUT2D eigenvalue weighted by atomic mass is 16.6. The number of hydrogen-bond acceptors (Lipinski definition) is 11. The number of aliphatic hydroxyl groups excluding tert-OH is 3. The summed E-state index contributed by atoms with van der Waals surface area (Å²) in [7, 11) is 1.46. The Morgan fingerprint density at radius 1 is 0.963 bits per heavy atom. The summed E-state index contributed by atoms with van der Waals surface area (Å²) in [4.78, 5) is 23.4. The fourth-order valence-corrected chi connectivity index (χ4v) is 1.85. The van der Waals surface area contributed by atoms with Crippen molar-refractivity contribution >= 4 is 11.9 Å². The summed E-state index contributed by atoms with van der Waals surface area (Å²) >= 11 is 0. The Morgan fingerprint density at radius 2 is 1.56 bits per heavy atom. The third-order valence-corrected chi connectivity index (χ3v) is 3.08. The standard InChI is InChI=1S/C16H31NO10/c1-12(20)25-10-13(7-18)26-15(21)3-5-17-6-4-16(22)27-14(8-23-2)9-24-11-19/h12-14,17-20H,3-11H2,1-2H3. The van der Waals surface area contributed by atoms with E-state index in [9.17, 15) is 9.59 Å². The molecule has 0 aromatic rings. The molecule has 0 fully saturated rings. The number of esters is 2. The summed E-state index contributed by atoms with van der Waals surface area (Å²) in [6, 6.07) is 0. The van der Waals surface area contributed by atoms with Crippen LogP contribution in [0.3, 0.4) is 0 Å². The molecule has 0 amide bonds. The molecule has 0 aromatic carbocycles. The van der Waals surface area contributed by atoms with Crippen LogP contribution >= 0.6 is 0 Å². The first-order valence-corrected chi connectivity index (χ1v) is 8.60. The van der Waals surface area contributed by atoms with Gasteiger partial charge in [-0.1, -0.05) is 0 Å². The molecule has 0 heterocycles. The molecule has 0 radical (unpaired) electrons. The number of carbonyl (C=O) groups is 2. The van der Waals surface area contributed by atoms with Crippen LogP contribution in [0.15, 0.2) is 0 Å². The second kappa shape index (κ2) is 16.8. The minimum Gasteiger partial charge on any atom is -0.457 e. The van der Waals surface area contributed by atoms with E-state index in [1.807, 2.05) is 0 Å². The first-order valence-electron chi connectivity index (χ1n) is 8.60. The van der Waals surface area contributed by atoms with E-state index in [-0.39, 0.29) is 39.2 Å². The Hall–Kier alpha value is -1.34. The maximum absolute atomic E-state index is 11.7. The van der Waals surface area contributed by atoms with Crippen LogP contribution in [0.25, 0.3) is 0 Å². The van der Waals surface area contributed by atoms with Gasteiger partial charge in [0.15, 0.2) is 6.29 Å². The van der Waals surface area contributed by atoms with Gasteiger partial charge in [0.2, 0.25) is 0 Å². The quantitative estimate of drug-likeness (QED) is 0.124. The molecule has 0 bridgehead atoms. The second-order valence-electron chi connectivity index (χ2n) is 5.54. The van der Waals surface area contributed by atoms with E-state index >= 15 is 0 Å². The van der Waals surface area contributed by atoms with Gasteiger partial charge in [-0.25, -0.2) is 0 Å². The lowest BCUT2D eigenvalue weighted by atomic mass is 10.3. The summed E-state index contributed by atoms with van der Waals surface area (Å²) in [6.45, 7) is 1.15. The van der Waals surface area contributed by atoms with Gasteiger partial charge in [0, 0.05) is 20.2 Å². The summed E-state index contributed by atoms with van der Waals surface area (Å²) in [5, 5.41) is 29.6. The molecule has 3 atom stereocenters. The lowest BCUT2D eigenvalue weighted by Gasteiger charge is -2.17. The minimum atomic E-state index is -1.02. The van der Waals surface area contributed by atoms with Gasteiger partial charge in [-0.05, 0) is 6.92 Å². The molecule has 0 spiro atoms. The number of hydrogen-bond donors (Lipinski definition) is 4. The number of rotatable bonds is 17. The minimum absolute atomic E-state index is 0.0279. The molecule has 0 aliphatic carbocycles. The molecule has 27 heavy (non-hydrogen) atoms. The van der Waals surface area contributed by atoms with Crippen LogP contribution in [-0.2, 0) is 33.3 Å². The highest BCUT2D eigenvalue weighted by molar-refractivity contribution is 5.70. The molecule has 3 unspecified atom stereocenters. The smallest absolute Gasteiger partial charge is 0.307 e. The Bertz CT molecular complexity index is 393. The van der Waals surface area contributed by atoms with Crippen molar-refractivity contribution in [2.45, 2.75) is 38.3 Å². The van der Waals surface area contributed by atoms with Crippen molar-refractivity contribution in [2.24, 2.45) is 0 Å². The lowest BCUT2D eigenvalue weighted by molar-refractivity contribution is -0.163. The summed E-state index contributed by atoms with van der Waals surface area (Å²) in [6.07, 6.45) is -2.35. The fourth-order valence-electron chi connectivity index (χ4n) is 1.85. The maximum Gasteiger partial charge on any atom is 0.307 e. The molecule has 0 rings (SSSR count). The van der Waals surface area contributed by atoms with Gasteiger partial charge in [0.25, 0.3) is 0 Å². The summed E-state index contributed by atoms with van der Waals surface area (Å²) in [5.74, 6) is -1.01. The van der Waals surface area contributed by atoms with Gasteiger partial charge in [0.1, 0.15) is 19.0 Å². The summed E-state index contributed by atoms with van der Waals surface area (Å²) in [5.41, 5.74) is 0. The van der Waals surface area contributed by atoms with Crippen molar-refractivity contribution in [3.63, 3.8) is 0 Å². The Balaban J connectivity index is 3.86. The molecule has 0 saturated carbocycles. The zero-order chi connectivity index (χ0) is 20.5. The Labute approximate surface area is 158 Å². The highest BCUT2D eigenvalue weighted by Crippen LogP contribution is 1.99. The first kappa shape index (κ1) is 25.7. The zero-order valence-electron chi connectivity index (χ0n) is 15.8. The van der Waals surface area contributed by atoms with E-state index in [2.05, 4.69) is 5.32 Å². The Kier molecular flexibility index (Phi) is 16.0. The Morgan fingerprint density at radius 3 is 2.04 bits per heavy atom. The van der Waals surface area contributed by atoms with E-state index in [1.165, 1.54) is 14.0 Å². The predicted octanol–water partition coefficient (Wildman–Crippen LogP) is -1.86. The van der Waals surface area contributed by atoms with Crippen LogP contribution in [0.2, 0.25) is 0 Å². The number of nitrogens with one attached hydrogen (secondary N) is 1. The number of ether oxygens (including phenoxy) is 5. The molecule has 0 aliphatic heterocycles. The van der Waals surface area contributed by atoms with Crippen LogP contribution in [-0.4, -0.2) is 99.2 Å². The summed E-state index contributed by atoms with van der Waals surface area (Å²) < 4.78 is 24.7. The van der Waals surface area contributed by atoms with Crippen LogP contribution in [0.1, 0.15) is 19.8 Å². The zero-order valence-corrected chi connectivity index (χ0v) is 15.8. The molecule has 0 aliphatic rings. The van der Waals surface area contributed by atoms with Gasteiger partial charge in [-0.15, -0.1) is 0 Å². The van der Waals surface area contributed by atoms with Gasteiger partial charge in [0.05, 0.1) is 39.3 Å². The third-order valence-electron chi connectivity index (χ3n) is 3.08. The third kappa shape index (κ3) is 15.4. The lowest BCUT2D eigenvalue weighted by Crippen LogP contribution is -2.31. The van der Waals surface area contributed by atoms with Crippen LogP contribution < -0.4 is 5.32 Å². The van der Waals surface area contributed by atoms with E-state index < -0.39 is 43.8 Å². The molecular weight excluding hydrogens is 366 g/mol. The van der Waals surface area contributed by atoms with Gasteiger partial charge in [-0.2, -0.15) is 0 Å². The van der Waals surface area contributed by atoms with E-state index in [0.717, 1.165) is 0 Å². The molecule has 0 saturated heterocycles. The fraction of sp³-hybridized carbons (Fsp3) is 0.875. The number of carbonyl (C=O) groups excluding carboxylic acids is 2. The molecular formula is C16H31NO10. The van der Waals surface area contributed by atoms with Crippen LogP contribution in [0.4, 0.5) is 0 Å². The molecule has 4 N–H and O–H groups in total. The monoisotopic (exact) mass is 397 g/mol. The molecule has 11 heteroatoms. The first-order chi connectivity index (χ1) is 12.9. The van der Waals surface area contributed by atoms with Crippen molar-refractivity contribution in [3.05, 3.63) is 0 Å². The molecule has 0 aromatic heterocycles. The van der Waals surface area contributed by atoms with Gasteiger partial charge in [-0.3, -0.25) is 9.59 Å². The largest absolute Gasteiger partial charge is 0.457 e. The van der Waals surface area contributed by atoms with Crippen molar-refractivity contribution in [2.75, 3.05) is 53.4 Å². The van der Waals surface area contributed by atoms with Crippen molar-refractivity contribution in [1.82, 2.24) is 5.32 Å². The van der Waals surface area contributed by atoms with Crippen molar-refractivity contribution in [3.8, 4) is 0 Å². The topological polar surface area (TPSA) is 153 Å². The van der Waals surface area contributed by atoms with E-state index in [4.69, 9.17) is 39.0 Å². The normalized spacial score (nSPS) is 14.4. The number of aliphatic hydroxyl groups is 3. The van der Waals surface area contributed by atoms with Crippen molar-refractivity contribution in [1.29, 1.82) is 0 Å². The highest BCUT2D eigenvalue weighted by Gasteiger charge is 2.16. The predicted molar refractivity (Wildman–Crippen MR) is 91.5 cm³/mol. The number of methoxy groups -OCH3 is 1. The average Bonchev–Trinajstić information content (AvgIpc) is 2.62.